The van der Waals surface area contributed by atoms with Crippen LogP contribution in [0.3, 0.4) is 0 Å². The highest BCUT2D eigenvalue weighted by atomic mass is 127. The fraction of sp³-hybridized carbons (Fsp3) is 0.316. The molecule has 2 rings (SSSR count). The van der Waals surface area contributed by atoms with Gasteiger partial charge in [0.25, 0.3) is 5.91 Å². The molecule has 0 atom stereocenters. The van der Waals surface area contributed by atoms with Crippen LogP contribution >= 0.6 is 22.6 Å². The lowest BCUT2D eigenvalue weighted by molar-refractivity contribution is 0.0987. The van der Waals surface area contributed by atoms with E-state index in [4.69, 9.17) is 9.47 Å². The van der Waals surface area contributed by atoms with E-state index in [1.54, 1.807) is 25.2 Å². The number of hydrogen-bond acceptors (Lipinski definition) is 3. The van der Waals surface area contributed by atoms with E-state index in [-0.39, 0.29) is 5.91 Å². The van der Waals surface area contributed by atoms with Crippen molar-refractivity contribution in [2.75, 3.05) is 25.7 Å². The molecule has 0 saturated heterocycles. The maximum atomic E-state index is 13.1. The minimum Gasteiger partial charge on any atom is -0.493 e. The molecule has 0 aliphatic heterocycles. The molecule has 0 bridgehead atoms. The molecule has 5 heteroatoms. The minimum absolute atomic E-state index is 0.0465. The van der Waals surface area contributed by atoms with E-state index < -0.39 is 0 Å². The standard InChI is InChI=1S/C19H22INO3/c1-6-21(16-8-7-12(2)9-13(16)3)19(22)14-10-17(23-4)18(24-5)11-15(14)20/h7-11H,6H2,1-5H3. The van der Waals surface area contributed by atoms with Crippen LogP contribution in [0.25, 0.3) is 0 Å². The summed E-state index contributed by atoms with van der Waals surface area (Å²) in [7, 11) is 3.16. The van der Waals surface area contributed by atoms with Gasteiger partial charge in [-0.2, -0.15) is 0 Å². The third kappa shape index (κ3) is 3.66. The van der Waals surface area contributed by atoms with Gasteiger partial charge in [0.2, 0.25) is 0 Å². The molecule has 128 valence electrons. The third-order valence-electron chi connectivity index (χ3n) is 3.91. The van der Waals surface area contributed by atoms with Crippen molar-refractivity contribution in [3.63, 3.8) is 0 Å². The summed E-state index contributed by atoms with van der Waals surface area (Å²) in [4.78, 5) is 14.9. The second-order valence-corrected chi connectivity index (χ2v) is 6.69. The minimum atomic E-state index is -0.0465. The summed E-state index contributed by atoms with van der Waals surface area (Å²) in [5.74, 6) is 1.13. The lowest BCUT2D eigenvalue weighted by Gasteiger charge is -2.24. The van der Waals surface area contributed by atoms with E-state index in [0.717, 1.165) is 14.8 Å². The number of anilines is 1. The van der Waals surface area contributed by atoms with E-state index in [1.165, 1.54) is 5.56 Å². The molecule has 0 fully saturated rings. The van der Waals surface area contributed by atoms with Crippen molar-refractivity contribution in [2.24, 2.45) is 0 Å². The Labute approximate surface area is 156 Å². The highest BCUT2D eigenvalue weighted by molar-refractivity contribution is 14.1. The number of methoxy groups -OCH3 is 2. The van der Waals surface area contributed by atoms with Gasteiger partial charge in [-0.15, -0.1) is 0 Å². The lowest BCUT2D eigenvalue weighted by Crippen LogP contribution is -2.31. The van der Waals surface area contributed by atoms with Gasteiger partial charge < -0.3 is 14.4 Å². The van der Waals surface area contributed by atoms with Crippen molar-refractivity contribution >= 4 is 34.2 Å². The van der Waals surface area contributed by atoms with Gasteiger partial charge in [-0.3, -0.25) is 4.79 Å². The molecule has 0 saturated carbocycles. The van der Waals surface area contributed by atoms with Gasteiger partial charge in [0.1, 0.15) is 0 Å². The average Bonchev–Trinajstić information content (AvgIpc) is 2.56. The van der Waals surface area contributed by atoms with Gasteiger partial charge in [0, 0.05) is 15.8 Å². The molecular formula is C19H22INO3. The number of carbonyl (C=O) groups excluding carboxylic acids is 1. The lowest BCUT2D eigenvalue weighted by atomic mass is 10.1. The highest BCUT2D eigenvalue weighted by Gasteiger charge is 2.22. The zero-order valence-corrected chi connectivity index (χ0v) is 16.8. The topological polar surface area (TPSA) is 38.8 Å². The molecule has 0 heterocycles. The Hall–Kier alpha value is -1.76. The van der Waals surface area contributed by atoms with Crippen LogP contribution < -0.4 is 14.4 Å². The molecule has 24 heavy (non-hydrogen) atoms. The average molecular weight is 439 g/mol. The quantitative estimate of drug-likeness (QED) is 0.640. The van der Waals surface area contributed by atoms with Crippen molar-refractivity contribution < 1.29 is 14.3 Å². The number of carbonyl (C=O) groups is 1. The van der Waals surface area contributed by atoms with Crippen LogP contribution in [-0.2, 0) is 0 Å². The largest absolute Gasteiger partial charge is 0.493 e. The number of nitrogens with zero attached hydrogens (tertiary/aromatic N) is 1. The number of benzene rings is 2. The Morgan fingerprint density at radius 1 is 1.08 bits per heavy atom. The van der Waals surface area contributed by atoms with Crippen molar-refractivity contribution in [3.05, 3.63) is 50.6 Å². The van der Waals surface area contributed by atoms with Crippen LogP contribution in [0.15, 0.2) is 30.3 Å². The maximum absolute atomic E-state index is 13.1. The summed E-state index contributed by atoms with van der Waals surface area (Å²) in [6.45, 7) is 6.64. The second kappa shape index (κ2) is 7.88. The van der Waals surface area contributed by atoms with E-state index >= 15 is 0 Å². The summed E-state index contributed by atoms with van der Waals surface area (Å²) < 4.78 is 11.5. The van der Waals surface area contributed by atoms with Crippen LogP contribution in [0.4, 0.5) is 5.69 Å². The molecule has 0 unspecified atom stereocenters. The van der Waals surface area contributed by atoms with E-state index in [1.807, 2.05) is 39.0 Å². The van der Waals surface area contributed by atoms with Gasteiger partial charge in [-0.25, -0.2) is 0 Å². The first-order chi connectivity index (χ1) is 11.4. The molecule has 4 nitrogen and oxygen atoms in total. The summed E-state index contributed by atoms with van der Waals surface area (Å²) >= 11 is 2.16. The number of amides is 1. The van der Waals surface area contributed by atoms with Crippen LogP contribution in [0, 0.1) is 17.4 Å². The molecule has 0 radical (unpaired) electrons. The zero-order chi connectivity index (χ0) is 17.9. The van der Waals surface area contributed by atoms with Crippen LogP contribution in [0.5, 0.6) is 11.5 Å². The number of rotatable bonds is 5. The number of aryl methyl sites for hydroxylation is 2. The van der Waals surface area contributed by atoms with Gasteiger partial charge in [0.05, 0.1) is 19.8 Å². The summed E-state index contributed by atoms with van der Waals surface area (Å²) in [5, 5.41) is 0. The summed E-state index contributed by atoms with van der Waals surface area (Å²) in [6.07, 6.45) is 0. The Morgan fingerprint density at radius 3 is 2.25 bits per heavy atom. The van der Waals surface area contributed by atoms with E-state index in [9.17, 15) is 4.79 Å². The Kier molecular flexibility index (Phi) is 6.10. The zero-order valence-electron chi connectivity index (χ0n) is 14.6. The molecule has 2 aromatic rings. The molecule has 0 aromatic heterocycles. The number of halogens is 1. The van der Waals surface area contributed by atoms with Gasteiger partial charge >= 0.3 is 0 Å². The first-order valence-electron chi connectivity index (χ1n) is 7.73. The third-order valence-corrected chi connectivity index (χ3v) is 4.80. The molecule has 0 aliphatic rings. The molecule has 1 amide bonds. The van der Waals surface area contributed by atoms with Gasteiger partial charge in [-0.1, -0.05) is 17.7 Å². The SMILES string of the molecule is CCN(C(=O)c1cc(OC)c(OC)cc1I)c1ccc(C)cc1C. The molecule has 0 N–H and O–H groups in total. The molecule has 2 aromatic carbocycles. The monoisotopic (exact) mass is 439 g/mol. The van der Waals surface area contributed by atoms with Gasteiger partial charge in [0.15, 0.2) is 11.5 Å². The van der Waals surface area contributed by atoms with E-state index in [2.05, 4.69) is 28.7 Å². The normalized spacial score (nSPS) is 10.4. The van der Waals surface area contributed by atoms with E-state index in [0.29, 0.717) is 23.6 Å². The van der Waals surface area contributed by atoms with Crippen molar-refractivity contribution in [1.82, 2.24) is 0 Å². The van der Waals surface area contributed by atoms with Crippen molar-refractivity contribution in [3.8, 4) is 11.5 Å². The Bertz CT molecular complexity index is 759. The van der Waals surface area contributed by atoms with Gasteiger partial charge in [-0.05, 0) is 67.1 Å². The fourth-order valence-corrected chi connectivity index (χ4v) is 3.36. The smallest absolute Gasteiger partial charge is 0.259 e. The van der Waals surface area contributed by atoms with Crippen molar-refractivity contribution in [1.29, 1.82) is 0 Å². The summed E-state index contributed by atoms with van der Waals surface area (Å²) in [6, 6.07) is 9.68. The first-order valence-corrected chi connectivity index (χ1v) is 8.81. The van der Waals surface area contributed by atoms with Crippen LogP contribution in [0.1, 0.15) is 28.4 Å². The number of ether oxygens (including phenoxy) is 2. The highest BCUT2D eigenvalue weighted by Crippen LogP contribution is 2.33. The Balaban J connectivity index is 2.49. The second-order valence-electron chi connectivity index (χ2n) is 5.53. The predicted molar refractivity (Wildman–Crippen MR) is 106 cm³/mol. The number of hydrogen-bond donors (Lipinski definition) is 0. The van der Waals surface area contributed by atoms with Crippen LogP contribution in [-0.4, -0.2) is 26.7 Å². The van der Waals surface area contributed by atoms with Crippen LogP contribution in [0.2, 0.25) is 0 Å². The molecular weight excluding hydrogens is 417 g/mol. The first kappa shape index (κ1) is 18.6. The maximum Gasteiger partial charge on any atom is 0.259 e. The Morgan fingerprint density at radius 2 is 1.71 bits per heavy atom. The van der Waals surface area contributed by atoms with Crippen molar-refractivity contribution in [2.45, 2.75) is 20.8 Å². The molecule has 0 spiro atoms. The molecule has 0 aliphatic carbocycles. The summed E-state index contributed by atoms with van der Waals surface area (Å²) in [5.41, 5.74) is 3.80. The predicted octanol–water partition coefficient (Wildman–Crippen LogP) is 4.59. The fourth-order valence-electron chi connectivity index (χ4n) is 2.70.